The molecule has 0 saturated carbocycles. The van der Waals surface area contributed by atoms with Crippen LogP contribution in [0.15, 0.2) is 81.8 Å². The minimum atomic E-state index is -3.34. The van der Waals surface area contributed by atoms with Gasteiger partial charge in [0.1, 0.15) is 11.5 Å². The molecule has 1 N–H and O–H groups in total. The fraction of sp³-hybridized carbons (Fsp3) is 0.394. The van der Waals surface area contributed by atoms with Crippen molar-refractivity contribution < 1.29 is 27.2 Å². The number of piperidine rings is 2. The molecule has 0 spiro atoms. The van der Waals surface area contributed by atoms with Crippen LogP contribution in [0.3, 0.4) is 0 Å². The van der Waals surface area contributed by atoms with Gasteiger partial charge in [0.25, 0.3) is 5.91 Å². The van der Waals surface area contributed by atoms with Crippen molar-refractivity contribution in [3.8, 4) is 0 Å². The maximum absolute atomic E-state index is 13.2. The smallest absolute Gasteiger partial charge is 0.272 e. The molecule has 0 radical (unpaired) electrons. The third kappa shape index (κ3) is 8.79. The van der Waals surface area contributed by atoms with E-state index in [1.54, 1.807) is 30.0 Å². The van der Waals surface area contributed by atoms with Crippen molar-refractivity contribution in [1.82, 2.24) is 15.1 Å². The van der Waals surface area contributed by atoms with Crippen LogP contribution >= 0.6 is 0 Å². The lowest BCUT2D eigenvalue weighted by Crippen LogP contribution is -2.44. The van der Waals surface area contributed by atoms with E-state index in [0.29, 0.717) is 37.1 Å². The molecule has 2 aromatic rings. The highest BCUT2D eigenvalue weighted by Crippen LogP contribution is 2.24. The number of amides is 2. The first-order valence-electron chi connectivity index (χ1n) is 14.7. The number of aliphatic imine (C=N–C) groups is 1. The van der Waals surface area contributed by atoms with Crippen LogP contribution in [0.25, 0.3) is 0 Å². The van der Waals surface area contributed by atoms with Gasteiger partial charge in [-0.05, 0) is 75.2 Å². The van der Waals surface area contributed by atoms with E-state index in [1.165, 1.54) is 42.5 Å². The Kier molecular flexibility index (Phi) is 11.0. The minimum absolute atomic E-state index is 0.0413. The molecule has 0 aliphatic carbocycles. The number of carbonyl (C=O) groups is 3. The monoisotopic (exact) mass is 622 g/mol. The Hall–Kier alpha value is -3.96. The van der Waals surface area contributed by atoms with Gasteiger partial charge in [-0.15, -0.1) is 0 Å². The van der Waals surface area contributed by atoms with Gasteiger partial charge in [-0.2, -0.15) is 0 Å². The second-order valence-electron chi connectivity index (χ2n) is 11.4. The fourth-order valence-corrected chi connectivity index (χ4v) is 6.09. The first kappa shape index (κ1) is 32.9. The lowest BCUT2D eigenvalue weighted by molar-refractivity contribution is -0.128. The molecule has 0 aromatic heterocycles. The lowest BCUT2D eigenvalue weighted by atomic mass is 9.89. The third-order valence-electron chi connectivity index (χ3n) is 8.20. The zero-order valence-corrected chi connectivity index (χ0v) is 26.0. The van der Waals surface area contributed by atoms with Crippen LogP contribution in [0.4, 0.5) is 4.39 Å². The van der Waals surface area contributed by atoms with Gasteiger partial charge < -0.3 is 10.2 Å². The summed E-state index contributed by atoms with van der Waals surface area (Å²) in [6.07, 6.45) is 6.74. The first-order valence-corrected chi connectivity index (χ1v) is 16.6. The number of hydrogen-bond acceptors (Lipinski definition) is 7. The SMILES string of the molecule is C=N/C(=C\C=C(/C)C(=O)NC1CCN(Cc2ccc(F)cc2)CC1)C(=O)N1CCC(C(=O)c2ccc(S(C)(=O)=O)cc2)CC1. The van der Waals surface area contributed by atoms with Crippen LogP contribution < -0.4 is 5.32 Å². The van der Waals surface area contributed by atoms with Crippen LogP contribution in [0.5, 0.6) is 0 Å². The van der Waals surface area contributed by atoms with Gasteiger partial charge in [0.15, 0.2) is 15.6 Å². The highest BCUT2D eigenvalue weighted by atomic mass is 32.2. The van der Waals surface area contributed by atoms with E-state index in [1.807, 2.05) is 0 Å². The molecular weight excluding hydrogens is 583 g/mol. The van der Waals surface area contributed by atoms with Gasteiger partial charge in [-0.1, -0.05) is 30.3 Å². The normalized spacial score (nSPS) is 17.8. The summed E-state index contributed by atoms with van der Waals surface area (Å²) in [5, 5.41) is 3.07. The quantitative estimate of drug-likeness (QED) is 0.186. The van der Waals surface area contributed by atoms with E-state index in [4.69, 9.17) is 0 Å². The number of sulfone groups is 1. The van der Waals surface area contributed by atoms with E-state index in [2.05, 4.69) is 21.9 Å². The number of carbonyl (C=O) groups excluding carboxylic acids is 3. The summed E-state index contributed by atoms with van der Waals surface area (Å²) in [7, 11) is -3.34. The summed E-state index contributed by atoms with van der Waals surface area (Å²) >= 11 is 0. The predicted octanol–water partition coefficient (Wildman–Crippen LogP) is 3.96. The molecule has 2 aliphatic heterocycles. The average Bonchev–Trinajstić information content (AvgIpc) is 3.02. The van der Waals surface area contributed by atoms with Crippen molar-refractivity contribution in [1.29, 1.82) is 0 Å². The van der Waals surface area contributed by atoms with Crippen molar-refractivity contribution in [3.05, 3.63) is 88.9 Å². The fourth-order valence-electron chi connectivity index (χ4n) is 5.46. The van der Waals surface area contributed by atoms with Crippen molar-refractivity contribution >= 4 is 34.2 Å². The number of hydrogen-bond donors (Lipinski definition) is 1. The Bertz CT molecular complexity index is 1540. The van der Waals surface area contributed by atoms with E-state index >= 15 is 0 Å². The molecule has 2 heterocycles. The maximum atomic E-state index is 13.2. The molecule has 2 amide bonds. The van der Waals surface area contributed by atoms with E-state index in [0.717, 1.165) is 44.3 Å². The second-order valence-corrected chi connectivity index (χ2v) is 13.5. The standard InChI is InChI=1S/C33H39FN4O5S/c1-23(32(40)36-28-16-18-37(19-17-28)22-24-5-9-27(34)10-6-24)4-13-30(35-2)33(41)38-20-14-26(15-21-38)31(39)25-7-11-29(12-8-25)44(3,42)43/h4-13,26,28H,2,14-22H2,1,3H3,(H,36,40)/b23-4+,30-13-. The van der Waals surface area contributed by atoms with Crippen LogP contribution in [0.1, 0.15) is 48.5 Å². The molecule has 234 valence electrons. The number of ketones is 1. The lowest BCUT2D eigenvalue weighted by Gasteiger charge is -2.32. The molecule has 2 fully saturated rings. The molecular formula is C33H39FN4O5S. The van der Waals surface area contributed by atoms with Crippen molar-refractivity contribution in [2.45, 2.75) is 50.1 Å². The number of rotatable bonds is 10. The Morgan fingerprint density at radius 1 is 0.955 bits per heavy atom. The summed E-state index contributed by atoms with van der Waals surface area (Å²) in [6, 6.07) is 12.5. The number of allylic oxidation sites excluding steroid dienone is 2. The van der Waals surface area contributed by atoms with Crippen LogP contribution in [-0.2, 0) is 26.0 Å². The zero-order valence-electron chi connectivity index (χ0n) is 25.2. The van der Waals surface area contributed by atoms with E-state index < -0.39 is 9.84 Å². The number of halogens is 1. The largest absolute Gasteiger partial charge is 0.349 e. The second kappa shape index (κ2) is 14.7. The molecule has 2 aromatic carbocycles. The summed E-state index contributed by atoms with van der Waals surface area (Å²) in [4.78, 5) is 46.8. The van der Waals surface area contributed by atoms with Gasteiger partial charge in [0, 0.05) is 62.1 Å². The highest BCUT2D eigenvalue weighted by Gasteiger charge is 2.29. The molecule has 44 heavy (non-hydrogen) atoms. The molecule has 11 heteroatoms. The third-order valence-corrected chi connectivity index (χ3v) is 9.33. The summed E-state index contributed by atoms with van der Waals surface area (Å²) in [5.74, 6) is -1.12. The number of Topliss-reactive ketones (excluding diaryl/α,β-unsaturated/α-hetero) is 1. The van der Waals surface area contributed by atoms with Gasteiger partial charge in [0.2, 0.25) is 5.91 Å². The van der Waals surface area contributed by atoms with Crippen LogP contribution in [-0.4, -0.2) is 81.0 Å². The molecule has 2 saturated heterocycles. The minimum Gasteiger partial charge on any atom is -0.349 e. The van der Waals surface area contributed by atoms with Crippen LogP contribution in [0.2, 0.25) is 0 Å². The molecule has 4 rings (SSSR count). The van der Waals surface area contributed by atoms with Crippen molar-refractivity contribution in [2.75, 3.05) is 32.4 Å². The Morgan fingerprint density at radius 2 is 1.57 bits per heavy atom. The van der Waals surface area contributed by atoms with E-state index in [9.17, 15) is 27.2 Å². The highest BCUT2D eigenvalue weighted by molar-refractivity contribution is 7.90. The Labute approximate surface area is 258 Å². The average molecular weight is 623 g/mol. The number of nitrogens with zero attached hydrogens (tertiary/aromatic N) is 3. The Balaban J connectivity index is 1.25. The number of nitrogens with one attached hydrogen (secondary N) is 1. The van der Waals surface area contributed by atoms with Gasteiger partial charge in [-0.3, -0.25) is 24.3 Å². The van der Waals surface area contributed by atoms with Gasteiger partial charge in [0.05, 0.1) is 4.90 Å². The summed E-state index contributed by atoms with van der Waals surface area (Å²) < 4.78 is 36.5. The maximum Gasteiger partial charge on any atom is 0.272 e. The molecule has 0 atom stereocenters. The van der Waals surface area contributed by atoms with Crippen molar-refractivity contribution in [3.63, 3.8) is 0 Å². The Morgan fingerprint density at radius 3 is 2.14 bits per heavy atom. The van der Waals surface area contributed by atoms with Crippen molar-refractivity contribution in [2.24, 2.45) is 10.9 Å². The summed E-state index contributed by atoms with van der Waals surface area (Å²) in [6.45, 7) is 8.33. The molecule has 2 aliphatic rings. The van der Waals surface area contributed by atoms with Crippen LogP contribution in [0, 0.1) is 11.7 Å². The number of benzene rings is 2. The topological polar surface area (TPSA) is 116 Å². The van der Waals surface area contributed by atoms with Gasteiger partial charge >= 0.3 is 0 Å². The first-order chi connectivity index (χ1) is 20.9. The summed E-state index contributed by atoms with van der Waals surface area (Å²) in [5.41, 5.74) is 2.06. The molecule has 9 nitrogen and oxygen atoms in total. The molecule has 0 unspecified atom stereocenters. The van der Waals surface area contributed by atoms with Gasteiger partial charge in [-0.25, -0.2) is 12.8 Å². The predicted molar refractivity (Wildman–Crippen MR) is 167 cm³/mol. The zero-order chi connectivity index (χ0) is 31.9. The van der Waals surface area contributed by atoms with E-state index in [-0.39, 0.29) is 46.0 Å². The molecule has 0 bridgehead atoms. The number of likely N-dealkylation sites (tertiary alicyclic amines) is 2.